The molecule has 0 radical (unpaired) electrons. The Kier molecular flexibility index (Phi) is 7.43. The molecule has 0 aliphatic heterocycles. The van der Waals surface area contributed by atoms with Crippen molar-refractivity contribution in [1.29, 1.82) is 5.26 Å². The van der Waals surface area contributed by atoms with Gasteiger partial charge in [0.1, 0.15) is 24.0 Å². The molecule has 1 N–H and O–H groups in total. The molecule has 0 bridgehead atoms. The van der Waals surface area contributed by atoms with Gasteiger partial charge in [0.15, 0.2) is 0 Å². The zero-order valence-electron chi connectivity index (χ0n) is 14.4. The molecule has 0 aliphatic rings. The number of carbonyl (C=O) groups is 1. The molecule has 0 unspecified atom stereocenters. The van der Waals surface area contributed by atoms with Crippen molar-refractivity contribution >= 4 is 43.8 Å². The molecule has 2 aromatic carbocycles. The number of halogens is 2. The minimum absolute atomic E-state index is 0.0327. The fraction of sp³-hybridized carbons (Fsp3) is 0.200. The van der Waals surface area contributed by atoms with Crippen molar-refractivity contribution in [2.75, 3.05) is 0 Å². The van der Waals surface area contributed by atoms with E-state index in [4.69, 9.17) is 4.74 Å². The molecular weight excluding hydrogens is 460 g/mol. The van der Waals surface area contributed by atoms with Crippen molar-refractivity contribution in [3.8, 4) is 11.8 Å². The normalized spacial score (nSPS) is 11.2. The Morgan fingerprint density at radius 2 is 1.85 bits per heavy atom. The molecule has 4 nitrogen and oxygen atoms in total. The number of rotatable bonds is 6. The van der Waals surface area contributed by atoms with Gasteiger partial charge in [0.2, 0.25) is 0 Å². The van der Waals surface area contributed by atoms with E-state index in [0.717, 1.165) is 14.5 Å². The van der Waals surface area contributed by atoms with Crippen LogP contribution in [-0.4, -0.2) is 11.9 Å². The largest absolute Gasteiger partial charge is 0.488 e. The van der Waals surface area contributed by atoms with E-state index in [2.05, 4.69) is 37.2 Å². The van der Waals surface area contributed by atoms with Crippen LogP contribution in [-0.2, 0) is 11.4 Å². The highest BCUT2D eigenvalue weighted by atomic mass is 79.9. The van der Waals surface area contributed by atoms with E-state index in [-0.39, 0.29) is 11.6 Å². The van der Waals surface area contributed by atoms with Crippen LogP contribution in [0.15, 0.2) is 57.0 Å². The summed E-state index contributed by atoms with van der Waals surface area (Å²) in [6, 6.07) is 15.2. The lowest BCUT2D eigenvalue weighted by Gasteiger charge is -2.11. The number of benzene rings is 2. The van der Waals surface area contributed by atoms with Crippen LogP contribution in [0, 0.1) is 11.3 Å². The van der Waals surface area contributed by atoms with Gasteiger partial charge in [-0.2, -0.15) is 5.26 Å². The van der Waals surface area contributed by atoms with Gasteiger partial charge in [-0.15, -0.1) is 0 Å². The third kappa shape index (κ3) is 6.01. The smallest absolute Gasteiger partial charge is 0.262 e. The topological polar surface area (TPSA) is 62.1 Å². The van der Waals surface area contributed by atoms with Crippen molar-refractivity contribution in [3.05, 3.63) is 68.1 Å². The average Bonchev–Trinajstić information content (AvgIpc) is 2.59. The van der Waals surface area contributed by atoms with Crippen molar-refractivity contribution in [2.45, 2.75) is 26.5 Å². The standard InChI is InChI=1S/C20H18Br2N2O2/c1-13(2)24-20(25)16(11-23)9-15-10-18(22)7-8-19(15)26-12-14-3-5-17(21)6-4-14/h3-10,13H,12H2,1-2H3,(H,24,25)/b16-9+. The fourth-order valence-corrected chi connectivity index (χ4v) is 2.79. The molecule has 0 aliphatic carbocycles. The Balaban J connectivity index is 2.26. The van der Waals surface area contributed by atoms with Crippen LogP contribution in [0.4, 0.5) is 0 Å². The molecule has 1 amide bonds. The molecule has 134 valence electrons. The van der Waals surface area contributed by atoms with E-state index in [1.165, 1.54) is 0 Å². The second-order valence-corrected chi connectivity index (χ2v) is 7.73. The number of nitrogens with one attached hydrogen (secondary N) is 1. The number of hydrogen-bond acceptors (Lipinski definition) is 3. The highest BCUT2D eigenvalue weighted by molar-refractivity contribution is 9.10. The number of carbonyl (C=O) groups excluding carboxylic acids is 1. The molecule has 0 atom stereocenters. The first-order valence-electron chi connectivity index (χ1n) is 7.98. The minimum Gasteiger partial charge on any atom is -0.488 e. The Morgan fingerprint density at radius 3 is 2.46 bits per heavy atom. The summed E-state index contributed by atoms with van der Waals surface area (Å²) in [7, 11) is 0. The monoisotopic (exact) mass is 476 g/mol. The molecule has 26 heavy (non-hydrogen) atoms. The van der Waals surface area contributed by atoms with Crippen LogP contribution in [0.5, 0.6) is 5.75 Å². The van der Waals surface area contributed by atoms with Crippen LogP contribution < -0.4 is 10.1 Å². The second kappa shape index (κ2) is 9.56. The number of ether oxygens (including phenoxy) is 1. The van der Waals surface area contributed by atoms with E-state index in [1.54, 1.807) is 6.08 Å². The van der Waals surface area contributed by atoms with Crippen LogP contribution in [0.25, 0.3) is 6.08 Å². The predicted molar refractivity (Wildman–Crippen MR) is 109 cm³/mol. The van der Waals surface area contributed by atoms with Crippen LogP contribution in [0.1, 0.15) is 25.0 Å². The van der Waals surface area contributed by atoms with Gasteiger partial charge in [-0.25, -0.2) is 0 Å². The molecule has 0 spiro atoms. The molecule has 0 fully saturated rings. The maximum Gasteiger partial charge on any atom is 0.262 e. The third-order valence-electron chi connectivity index (χ3n) is 3.36. The number of amides is 1. The van der Waals surface area contributed by atoms with Crippen molar-refractivity contribution < 1.29 is 9.53 Å². The highest BCUT2D eigenvalue weighted by Gasteiger charge is 2.12. The van der Waals surface area contributed by atoms with E-state index in [0.29, 0.717) is 17.9 Å². The van der Waals surface area contributed by atoms with Gasteiger partial charge < -0.3 is 10.1 Å². The molecule has 2 rings (SSSR count). The average molecular weight is 478 g/mol. The molecule has 0 aromatic heterocycles. The van der Waals surface area contributed by atoms with Gasteiger partial charge in [-0.1, -0.05) is 44.0 Å². The summed E-state index contributed by atoms with van der Waals surface area (Å²) in [6.45, 7) is 4.08. The quantitative estimate of drug-likeness (QED) is 0.458. The van der Waals surface area contributed by atoms with E-state index in [1.807, 2.05) is 62.4 Å². The van der Waals surface area contributed by atoms with Crippen LogP contribution in [0.2, 0.25) is 0 Å². The van der Waals surface area contributed by atoms with Gasteiger partial charge >= 0.3 is 0 Å². The lowest BCUT2D eigenvalue weighted by Crippen LogP contribution is -2.30. The molecule has 6 heteroatoms. The summed E-state index contributed by atoms with van der Waals surface area (Å²) in [5.41, 5.74) is 1.71. The maximum atomic E-state index is 12.1. The summed E-state index contributed by atoms with van der Waals surface area (Å²) in [5.74, 6) is 0.197. The second-order valence-electron chi connectivity index (χ2n) is 5.90. The lowest BCUT2D eigenvalue weighted by molar-refractivity contribution is -0.117. The van der Waals surface area contributed by atoms with E-state index >= 15 is 0 Å². The van der Waals surface area contributed by atoms with Crippen LogP contribution in [0.3, 0.4) is 0 Å². The third-order valence-corrected chi connectivity index (χ3v) is 4.39. The van der Waals surface area contributed by atoms with Crippen molar-refractivity contribution in [3.63, 3.8) is 0 Å². The predicted octanol–water partition coefficient (Wildman–Crippen LogP) is 5.22. The van der Waals surface area contributed by atoms with Crippen molar-refractivity contribution in [2.24, 2.45) is 0 Å². The molecule has 2 aromatic rings. The Morgan fingerprint density at radius 1 is 1.19 bits per heavy atom. The Bertz CT molecular complexity index is 853. The first-order valence-corrected chi connectivity index (χ1v) is 9.57. The fourth-order valence-electron chi connectivity index (χ4n) is 2.15. The van der Waals surface area contributed by atoms with Crippen molar-refractivity contribution in [1.82, 2.24) is 5.32 Å². The maximum absolute atomic E-state index is 12.1. The molecule has 0 saturated carbocycles. The summed E-state index contributed by atoms with van der Waals surface area (Å²) < 4.78 is 7.74. The molecule has 0 heterocycles. The summed E-state index contributed by atoms with van der Waals surface area (Å²) >= 11 is 6.82. The molecular formula is C20H18Br2N2O2. The van der Waals surface area contributed by atoms with Gasteiger partial charge in [0.05, 0.1) is 0 Å². The van der Waals surface area contributed by atoms with E-state index in [9.17, 15) is 10.1 Å². The molecule has 0 saturated heterocycles. The zero-order valence-corrected chi connectivity index (χ0v) is 17.6. The number of nitriles is 1. The summed E-state index contributed by atoms with van der Waals surface area (Å²) in [6.07, 6.45) is 1.54. The van der Waals surface area contributed by atoms with Crippen LogP contribution >= 0.6 is 31.9 Å². The van der Waals surface area contributed by atoms with E-state index < -0.39 is 5.91 Å². The number of nitrogens with zero attached hydrogens (tertiary/aromatic N) is 1. The van der Waals surface area contributed by atoms with Gasteiger partial charge in [0, 0.05) is 20.6 Å². The van der Waals surface area contributed by atoms with Gasteiger partial charge in [-0.05, 0) is 55.8 Å². The Hall–Kier alpha value is -2.10. The Labute approximate surface area is 170 Å². The first kappa shape index (κ1) is 20.2. The summed E-state index contributed by atoms with van der Waals surface area (Å²) in [4.78, 5) is 12.1. The number of hydrogen-bond donors (Lipinski definition) is 1. The van der Waals surface area contributed by atoms with Gasteiger partial charge in [-0.3, -0.25) is 4.79 Å². The zero-order chi connectivity index (χ0) is 19.1. The lowest BCUT2D eigenvalue weighted by atomic mass is 10.1. The minimum atomic E-state index is -0.402. The SMILES string of the molecule is CC(C)NC(=O)/C(C#N)=C/c1cc(Br)ccc1OCc1ccc(Br)cc1. The highest BCUT2D eigenvalue weighted by Crippen LogP contribution is 2.26. The first-order chi connectivity index (χ1) is 12.4. The van der Waals surface area contributed by atoms with Gasteiger partial charge in [0.25, 0.3) is 5.91 Å². The summed E-state index contributed by atoms with van der Waals surface area (Å²) in [5, 5.41) is 12.1.